The summed E-state index contributed by atoms with van der Waals surface area (Å²) < 4.78 is 69.4. The predicted molar refractivity (Wildman–Crippen MR) is 141 cm³/mol. The van der Waals surface area contributed by atoms with Crippen molar-refractivity contribution in [1.29, 1.82) is 0 Å². The molecule has 2 aromatic carbocycles. The highest BCUT2D eigenvalue weighted by atomic mass is 32.2. The van der Waals surface area contributed by atoms with Crippen molar-refractivity contribution < 1.29 is 31.1 Å². The number of aliphatic carboxylic acids is 1. The van der Waals surface area contributed by atoms with Gasteiger partial charge in [-0.05, 0) is 49.4 Å². The maximum Gasteiger partial charge on any atom is 0.328 e. The Hall–Kier alpha value is -4.03. The lowest BCUT2D eigenvalue weighted by Gasteiger charge is -2.13. The molecule has 0 amide bonds. The summed E-state index contributed by atoms with van der Waals surface area (Å²) in [5, 5.41) is 9.17. The summed E-state index contributed by atoms with van der Waals surface area (Å²) in [6.45, 7) is 3.21. The molecule has 2 heterocycles. The van der Waals surface area contributed by atoms with Gasteiger partial charge < -0.3 is 9.67 Å². The molecule has 4 aromatic rings. The molecule has 0 spiro atoms. The summed E-state index contributed by atoms with van der Waals surface area (Å²) in [7, 11) is -6.80. The van der Waals surface area contributed by atoms with Crippen molar-refractivity contribution in [3.05, 3.63) is 88.2 Å². The summed E-state index contributed by atoms with van der Waals surface area (Å²) in [5.41, 5.74) is -0.576. The number of rotatable bonds is 7. The van der Waals surface area contributed by atoms with E-state index in [9.17, 15) is 31.5 Å². The summed E-state index contributed by atoms with van der Waals surface area (Å²) in [6, 6.07) is 10.4. The molecule has 0 bridgehead atoms. The van der Waals surface area contributed by atoms with Gasteiger partial charge in [0.2, 0.25) is 0 Å². The fraction of sp³-hybridized carbons (Fsp3) is 0.154. The number of aryl methyl sites for hydroxylation is 2. The van der Waals surface area contributed by atoms with E-state index in [0.717, 1.165) is 38.4 Å². The first kappa shape index (κ1) is 27.0. The number of carboxylic acids is 1. The third kappa shape index (κ3) is 4.68. The van der Waals surface area contributed by atoms with Gasteiger partial charge in [-0.2, -0.15) is 0 Å². The first-order chi connectivity index (χ1) is 17.8. The number of halogens is 1. The molecule has 198 valence electrons. The van der Waals surface area contributed by atoms with E-state index >= 15 is 4.39 Å². The van der Waals surface area contributed by atoms with Crippen LogP contribution in [-0.4, -0.2) is 42.2 Å². The first-order valence-corrected chi connectivity index (χ1v) is 14.4. The summed E-state index contributed by atoms with van der Waals surface area (Å²) in [4.78, 5) is 24.3. The lowest BCUT2D eigenvalue weighted by atomic mass is 10.0. The predicted octanol–water partition coefficient (Wildman–Crippen LogP) is 3.58. The van der Waals surface area contributed by atoms with E-state index in [1.165, 1.54) is 38.4 Å². The van der Waals surface area contributed by atoms with Gasteiger partial charge in [-0.25, -0.2) is 30.0 Å². The number of sulfone groups is 1. The second kappa shape index (κ2) is 9.69. The topological polar surface area (TPSA) is 133 Å². The van der Waals surface area contributed by atoms with Crippen LogP contribution in [0.15, 0.2) is 75.4 Å². The molecule has 0 aliphatic rings. The standard InChI is InChI=1S/C26H23FN2O7S2/c1-4-37(33,34)19-10-11-23(27)20(14-19)22-15-28(3)26(32)25-21(22)13-17(7-12-24(30)31)29(25)38(35,36)18-8-5-16(2)6-9-18/h5-15H,4H2,1-3H3,(H,30,31). The summed E-state index contributed by atoms with van der Waals surface area (Å²) >= 11 is 0. The Morgan fingerprint density at radius 2 is 1.63 bits per heavy atom. The van der Waals surface area contributed by atoms with Gasteiger partial charge in [0.05, 0.1) is 21.2 Å². The molecule has 38 heavy (non-hydrogen) atoms. The van der Waals surface area contributed by atoms with Crippen LogP contribution in [0, 0.1) is 12.7 Å². The van der Waals surface area contributed by atoms with Crippen LogP contribution in [0.25, 0.3) is 28.1 Å². The molecular formula is C26H23FN2O7S2. The van der Waals surface area contributed by atoms with Crippen LogP contribution in [0.2, 0.25) is 0 Å². The number of benzene rings is 2. The van der Waals surface area contributed by atoms with E-state index in [1.54, 1.807) is 19.1 Å². The number of fused-ring (bicyclic) bond motifs is 1. The average molecular weight is 559 g/mol. The molecule has 1 N–H and O–H groups in total. The number of carbonyl (C=O) groups is 1. The number of carboxylic acid groups (broad SMARTS) is 1. The highest BCUT2D eigenvalue weighted by molar-refractivity contribution is 7.91. The lowest BCUT2D eigenvalue weighted by molar-refractivity contribution is -0.131. The quantitative estimate of drug-likeness (QED) is 0.271. The van der Waals surface area contributed by atoms with Crippen LogP contribution >= 0.6 is 0 Å². The van der Waals surface area contributed by atoms with Crippen molar-refractivity contribution in [2.45, 2.75) is 23.6 Å². The van der Waals surface area contributed by atoms with E-state index in [4.69, 9.17) is 0 Å². The zero-order chi connectivity index (χ0) is 28.0. The van der Waals surface area contributed by atoms with E-state index < -0.39 is 37.2 Å². The third-order valence-electron chi connectivity index (χ3n) is 6.04. The maximum absolute atomic E-state index is 15.1. The molecule has 0 aliphatic carbocycles. The zero-order valence-corrected chi connectivity index (χ0v) is 22.2. The van der Waals surface area contributed by atoms with Gasteiger partial charge >= 0.3 is 5.97 Å². The fourth-order valence-corrected chi connectivity index (χ4v) is 6.45. The average Bonchev–Trinajstić information content (AvgIpc) is 3.26. The van der Waals surface area contributed by atoms with E-state index in [0.29, 0.717) is 6.08 Å². The Morgan fingerprint density at radius 1 is 1.00 bits per heavy atom. The van der Waals surface area contributed by atoms with Crippen molar-refractivity contribution in [3.63, 3.8) is 0 Å². The Balaban J connectivity index is 2.16. The number of nitrogens with zero attached hydrogens (tertiary/aromatic N) is 2. The minimum atomic E-state index is -4.43. The lowest BCUT2D eigenvalue weighted by Crippen LogP contribution is -2.23. The Bertz CT molecular complexity index is 1900. The van der Waals surface area contributed by atoms with Gasteiger partial charge in [-0.1, -0.05) is 24.6 Å². The van der Waals surface area contributed by atoms with Gasteiger partial charge in [0, 0.05) is 35.8 Å². The molecular weight excluding hydrogens is 535 g/mol. The van der Waals surface area contributed by atoms with Crippen molar-refractivity contribution in [3.8, 4) is 11.1 Å². The summed E-state index contributed by atoms with van der Waals surface area (Å²) in [5.74, 6) is -2.38. The van der Waals surface area contributed by atoms with Crippen LogP contribution in [0.1, 0.15) is 18.2 Å². The molecule has 0 saturated heterocycles. The van der Waals surface area contributed by atoms with Gasteiger partial charge in [-0.15, -0.1) is 0 Å². The van der Waals surface area contributed by atoms with Crippen molar-refractivity contribution in [2.75, 3.05) is 5.75 Å². The van der Waals surface area contributed by atoms with Crippen LogP contribution in [0.3, 0.4) is 0 Å². The largest absolute Gasteiger partial charge is 0.478 e. The number of pyridine rings is 1. The minimum Gasteiger partial charge on any atom is -0.478 e. The molecule has 9 nitrogen and oxygen atoms in total. The first-order valence-electron chi connectivity index (χ1n) is 11.3. The molecule has 0 atom stereocenters. The number of hydrogen-bond acceptors (Lipinski definition) is 6. The highest BCUT2D eigenvalue weighted by Gasteiger charge is 2.27. The molecule has 0 unspecified atom stereocenters. The van der Waals surface area contributed by atoms with E-state index in [1.807, 2.05) is 0 Å². The van der Waals surface area contributed by atoms with Crippen molar-refractivity contribution >= 4 is 42.8 Å². The van der Waals surface area contributed by atoms with E-state index in [-0.39, 0.29) is 43.3 Å². The van der Waals surface area contributed by atoms with Gasteiger partial charge in [-0.3, -0.25) is 4.79 Å². The maximum atomic E-state index is 15.1. The molecule has 4 rings (SSSR count). The molecule has 0 radical (unpaired) electrons. The Kier molecular flexibility index (Phi) is 6.89. The van der Waals surface area contributed by atoms with Crippen LogP contribution < -0.4 is 5.56 Å². The van der Waals surface area contributed by atoms with Crippen LogP contribution in [0.5, 0.6) is 0 Å². The smallest absolute Gasteiger partial charge is 0.328 e. The molecule has 0 saturated carbocycles. The number of hydrogen-bond donors (Lipinski definition) is 1. The SMILES string of the molecule is CCS(=O)(=O)c1ccc(F)c(-c2cn(C)c(=O)c3c2cc(C=CC(=O)O)n3S(=O)(=O)c2ccc(C)cc2)c1. The molecule has 12 heteroatoms. The third-order valence-corrected chi connectivity index (χ3v) is 9.52. The zero-order valence-electron chi connectivity index (χ0n) is 20.5. The monoisotopic (exact) mass is 558 g/mol. The van der Waals surface area contributed by atoms with Gasteiger partial charge in [0.15, 0.2) is 9.84 Å². The summed E-state index contributed by atoms with van der Waals surface area (Å²) in [6.07, 6.45) is 3.01. The van der Waals surface area contributed by atoms with Crippen molar-refractivity contribution in [1.82, 2.24) is 8.54 Å². The molecule has 0 aliphatic heterocycles. The minimum absolute atomic E-state index is 0.00114. The molecule has 0 fully saturated rings. The van der Waals surface area contributed by atoms with Gasteiger partial charge in [0.1, 0.15) is 11.3 Å². The Morgan fingerprint density at radius 3 is 2.24 bits per heavy atom. The van der Waals surface area contributed by atoms with Crippen molar-refractivity contribution in [2.24, 2.45) is 7.05 Å². The molecule has 2 aromatic heterocycles. The van der Waals surface area contributed by atoms with Crippen LogP contribution in [-0.2, 0) is 31.7 Å². The highest BCUT2D eigenvalue weighted by Crippen LogP contribution is 2.34. The number of aromatic nitrogens is 2. The fourth-order valence-electron chi connectivity index (χ4n) is 4.04. The second-order valence-electron chi connectivity index (χ2n) is 8.59. The Labute approximate surface area is 218 Å². The normalized spacial score (nSPS) is 12.4. The van der Waals surface area contributed by atoms with Crippen LogP contribution in [0.4, 0.5) is 4.39 Å². The second-order valence-corrected chi connectivity index (χ2v) is 12.7. The van der Waals surface area contributed by atoms with E-state index in [2.05, 4.69) is 0 Å². The van der Waals surface area contributed by atoms with Gasteiger partial charge in [0.25, 0.3) is 15.6 Å².